The lowest BCUT2D eigenvalue weighted by Gasteiger charge is -2.13. The first kappa shape index (κ1) is 29.2. The number of ketones is 2. The van der Waals surface area contributed by atoms with Crippen LogP contribution in [0.15, 0.2) is 77.2 Å². The largest absolute Gasteiger partial charge is 0.433 e. The molecule has 0 aliphatic heterocycles. The number of halogens is 2. The first-order valence-electron chi connectivity index (χ1n) is 12.5. The Morgan fingerprint density at radius 2 is 1.92 bits per heavy atom. The van der Waals surface area contributed by atoms with Crippen molar-refractivity contribution in [2.24, 2.45) is 5.92 Å². The third-order valence-electron chi connectivity index (χ3n) is 6.09. The zero-order valence-electron chi connectivity index (χ0n) is 21.7. The van der Waals surface area contributed by atoms with Crippen molar-refractivity contribution in [3.8, 4) is 5.75 Å². The Balaban J connectivity index is 1.61. The summed E-state index contributed by atoms with van der Waals surface area (Å²) in [5, 5.41) is 0. The van der Waals surface area contributed by atoms with Crippen molar-refractivity contribution >= 4 is 27.5 Å². The van der Waals surface area contributed by atoms with Crippen LogP contribution in [0.5, 0.6) is 5.75 Å². The van der Waals surface area contributed by atoms with Gasteiger partial charge >= 0.3 is 6.11 Å². The van der Waals surface area contributed by atoms with Gasteiger partial charge < -0.3 is 4.74 Å². The fourth-order valence-electron chi connectivity index (χ4n) is 4.27. The fraction of sp³-hybridized carbons (Fsp3) is 0.333. The van der Waals surface area contributed by atoms with Crippen molar-refractivity contribution in [1.82, 2.24) is 0 Å². The lowest BCUT2D eigenvalue weighted by atomic mass is 9.90. The maximum Gasteiger partial charge on any atom is 0.394 e. The third kappa shape index (κ3) is 8.31. The molecule has 3 rings (SSSR count). The van der Waals surface area contributed by atoms with Crippen LogP contribution in [0.1, 0.15) is 49.8 Å². The first-order chi connectivity index (χ1) is 17.9. The van der Waals surface area contributed by atoms with Gasteiger partial charge in [0.25, 0.3) is 0 Å². The Labute approximate surface area is 222 Å². The quantitative estimate of drug-likeness (QED) is 0.288. The summed E-state index contributed by atoms with van der Waals surface area (Å²) in [6.45, 7) is 4.35. The van der Waals surface area contributed by atoms with Gasteiger partial charge in [0.15, 0.2) is 21.4 Å². The van der Waals surface area contributed by atoms with Gasteiger partial charge in [0, 0.05) is 18.4 Å². The van der Waals surface area contributed by atoms with E-state index in [9.17, 15) is 26.8 Å². The summed E-state index contributed by atoms with van der Waals surface area (Å²) in [7, 11) is -3.58. The topological polar surface area (TPSA) is 77.5 Å². The van der Waals surface area contributed by atoms with Gasteiger partial charge in [-0.25, -0.2) is 8.42 Å². The van der Waals surface area contributed by atoms with Gasteiger partial charge in [0.2, 0.25) is 0 Å². The van der Waals surface area contributed by atoms with E-state index in [0.717, 1.165) is 12.8 Å². The SMILES string of the molecule is CCCC1C=CC(C(=O)/C=C/c2ccc(S(=O)(=O)CCCc3cccc(OC(C)(F)F)c3)c(C)c2)=CC1=O. The third-order valence-corrected chi connectivity index (χ3v) is 8.05. The molecule has 1 atom stereocenters. The lowest BCUT2D eigenvalue weighted by Crippen LogP contribution is -2.19. The summed E-state index contributed by atoms with van der Waals surface area (Å²) in [5.74, 6) is -0.620. The summed E-state index contributed by atoms with van der Waals surface area (Å²) < 4.78 is 56.6. The van der Waals surface area contributed by atoms with Crippen LogP contribution >= 0.6 is 0 Å². The number of rotatable bonds is 12. The van der Waals surface area contributed by atoms with E-state index in [-0.39, 0.29) is 33.9 Å². The Bertz CT molecular complexity index is 1380. The van der Waals surface area contributed by atoms with Crippen LogP contribution in [0.4, 0.5) is 8.78 Å². The molecule has 0 N–H and O–H groups in total. The molecule has 202 valence electrons. The van der Waals surface area contributed by atoms with Crippen LogP contribution < -0.4 is 4.74 Å². The number of carbonyl (C=O) groups excluding carboxylic acids is 2. The molecular weight excluding hydrogens is 510 g/mol. The Morgan fingerprint density at radius 1 is 1.16 bits per heavy atom. The highest BCUT2D eigenvalue weighted by molar-refractivity contribution is 7.91. The van der Waals surface area contributed by atoms with E-state index in [0.29, 0.717) is 42.0 Å². The van der Waals surface area contributed by atoms with Gasteiger partial charge in [-0.15, -0.1) is 0 Å². The molecule has 0 fully saturated rings. The van der Waals surface area contributed by atoms with Crippen LogP contribution in [0.25, 0.3) is 6.08 Å². The number of allylic oxidation sites excluding steroid dienone is 5. The molecule has 8 heteroatoms. The number of hydrogen-bond donors (Lipinski definition) is 0. The van der Waals surface area contributed by atoms with Crippen molar-refractivity contribution in [3.05, 3.63) is 89.0 Å². The molecule has 2 aromatic rings. The number of ether oxygens (including phenoxy) is 1. The predicted octanol–water partition coefficient (Wildman–Crippen LogP) is 6.46. The summed E-state index contributed by atoms with van der Waals surface area (Å²) in [6, 6.07) is 11.1. The normalized spacial score (nSPS) is 16.1. The van der Waals surface area contributed by atoms with Crippen molar-refractivity contribution < 1.29 is 31.5 Å². The molecule has 1 aliphatic carbocycles. The van der Waals surface area contributed by atoms with Gasteiger partial charge in [0.1, 0.15) is 5.75 Å². The summed E-state index contributed by atoms with van der Waals surface area (Å²) >= 11 is 0. The number of aryl methyl sites for hydroxylation is 2. The Hall–Kier alpha value is -3.39. The predicted molar refractivity (Wildman–Crippen MR) is 144 cm³/mol. The highest BCUT2D eigenvalue weighted by atomic mass is 32.2. The minimum atomic E-state index is -3.58. The molecule has 2 aromatic carbocycles. The molecule has 0 saturated heterocycles. The molecule has 38 heavy (non-hydrogen) atoms. The minimum Gasteiger partial charge on any atom is -0.433 e. The Kier molecular flexibility index (Phi) is 9.55. The van der Waals surface area contributed by atoms with Gasteiger partial charge in [0.05, 0.1) is 10.6 Å². The minimum absolute atomic E-state index is 0.0268. The van der Waals surface area contributed by atoms with Gasteiger partial charge in [-0.3, -0.25) is 9.59 Å². The van der Waals surface area contributed by atoms with Gasteiger partial charge in [-0.05, 0) is 73.2 Å². The summed E-state index contributed by atoms with van der Waals surface area (Å²) in [6.07, 6.45) is 6.84. The highest BCUT2D eigenvalue weighted by Gasteiger charge is 2.23. The van der Waals surface area contributed by atoms with Crippen molar-refractivity contribution in [3.63, 3.8) is 0 Å². The molecule has 0 bridgehead atoms. The van der Waals surface area contributed by atoms with E-state index < -0.39 is 15.9 Å². The van der Waals surface area contributed by atoms with E-state index in [2.05, 4.69) is 4.74 Å². The molecule has 1 unspecified atom stereocenters. The van der Waals surface area contributed by atoms with Crippen LogP contribution in [0, 0.1) is 12.8 Å². The fourth-order valence-corrected chi connectivity index (χ4v) is 5.84. The van der Waals surface area contributed by atoms with E-state index in [1.54, 1.807) is 49.4 Å². The summed E-state index contributed by atoms with van der Waals surface area (Å²) in [5.41, 5.74) is 2.24. The highest BCUT2D eigenvalue weighted by Crippen LogP contribution is 2.24. The van der Waals surface area contributed by atoms with Crippen LogP contribution in [-0.4, -0.2) is 31.8 Å². The average molecular weight is 543 g/mol. The molecular formula is C30H32F2O5S. The van der Waals surface area contributed by atoms with Crippen molar-refractivity contribution in [1.29, 1.82) is 0 Å². The van der Waals surface area contributed by atoms with Crippen LogP contribution in [0.3, 0.4) is 0 Å². The molecule has 0 amide bonds. The van der Waals surface area contributed by atoms with E-state index in [1.165, 1.54) is 30.4 Å². The Morgan fingerprint density at radius 3 is 2.58 bits per heavy atom. The molecule has 0 aromatic heterocycles. The van der Waals surface area contributed by atoms with E-state index in [4.69, 9.17) is 0 Å². The smallest absolute Gasteiger partial charge is 0.394 e. The molecule has 5 nitrogen and oxygen atoms in total. The molecule has 0 heterocycles. The van der Waals surface area contributed by atoms with Crippen LogP contribution in [-0.2, 0) is 25.8 Å². The van der Waals surface area contributed by atoms with Crippen molar-refractivity contribution in [2.75, 3.05) is 5.75 Å². The molecule has 0 saturated carbocycles. The second kappa shape index (κ2) is 12.4. The maximum atomic E-state index is 13.1. The van der Waals surface area contributed by atoms with E-state index in [1.807, 2.05) is 6.92 Å². The molecule has 0 spiro atoms. The molecule has 1 aliphatic rings. The number of hydrogen-bond acceptors (Lipinski definition) is 5. The molecule has 0 radical (unpaired) electrons. The zero-order chi connectivity index (χ0) is 27.9. The second-order valence-electron chi connectivity index (χ2n) is 9.46. The number of benzene rings is 2. The van der Waals surface area contributed by atoms with E-state index >= 15 is 0 Å². The van der Waals surface area contributed by atoms with Crippen LogP contribution in [0.2, 0.25) is 0 Å². The monoisotopic (exact) mass is 542 g/mol. The van der Waals surface area contributed by atoms with Crippen molar-refractivity contribution in [2.45, 2.75) is 57.5 Å². The summed E-state index contributed by atoms with van der Waals surface area (Å²) in [4.78, 5) is 24.9. The lowest BCUT2D eigenvalue weighted by molar-refractivity contribution is -0.159. The second-order valence-corrected chi connectivity index (χ2v) is 11.5. The van der Waals surface area contributed by atoms with Gasteiger partial charge in [-0.2, -0.15) is 8.78 Å². The number of carbonyl (C=O) groups is 2. The zero-order valence-corrected chi connectivity index (χ0v) is 22.6. The average Bonchev–Trinajstić information content (AvgIpc) is 2.83. The number of sulfone groups is 1. The first-order valence-corrected chi connectivity index (χ1v) is 14.2. The standard InChI is InChI=1S/C30H32F2O5S/c1-4-7-24-13-14-25(20-28(24)34)27(33)15-11-23-12-16-29(21(2)18-23)38(35,36)17-6-9-22-8-5-10-26(19-22)37-30(3,31)32/h5,8,10-16,18-20,24H,4,6-7,9,17H2,1-3H3/b15-11+. The maximum absolute atomic E-state index is 13.1. The number of alkyl halides is 2. The van der Waals surface area contributed by atoms with Gasteiger partial charge in [-0.1, -0.05) is 55.8 Å².